The number of para-hydroxylation sites is 4. The van der Waals surface area contributed by atoms with Crippen molar-refractivity contribution in [2.75, 3.05) is 16.8 Å². The van der Waals surface area contributed by atoms with Crippen LogP contribution in [0.15, 0.2) is 103 Å². The van der Waals surface area contributed by atoms with E-state index < -0.39 is 0 Å². The Morgan fingerprint density at radius 1 is 0.643 bits per heavy atom. The maximum atomic E-state index is 5.31. The molecular weight excluding hydrogens is 701 g/mol. The second kappa shape index (κ2) is 10.0. The number of nitrogens with zero attached hydrogens (tertiary/aromatic N) is 6. The minimum absolute atomic E-state index is 0. The molecule has 0 unspecified atom stereocenters. The number of aromatic nitrogens is 4. The molecule has 0 amide bonds. The second-order valence-corrected chi connectivity index (χ2v) is 10.4. The normalized spacial score (nSPS) is 12.4. The largest absolute Gasteiger partial charge is 0.381 e. The van der Waals surface area contributed by atoms with Gasteiger partial charge in [-0.25, -0.2) is 9.97 Å². The van der Waals surface area contributed by atoms with Crippen LogP contribution < -0.4 is 9.80 Å². The maximum absolute atomic E-state index is 5.31. The monoisotopic (exact) mass is 727 g/mol. The zero-order chi connectivity index (χ0) is 27.7. The van der Waals surface area contributed by atoms with E-state index in [1.165, 1.54) is 0 Å². The van der Waals surface area contributed by atoms with Crippen molar-refractivity contribution in [3.05, 3.63) is 116 Å². The number of hydrogen-bond donors (Lipinski definition) is 0. The molecule has 7 heteroatoms. The second-order valence-electron chi connectivity index (χ2n) is 10.4. The van der Waals surface area contributed by atoms with Gasteiger partial charge in [-0.1, -0.05) is 47.5 Å². The summed E-state index contributed by atoms with van der Waals surface area (Å²) in [6.45, 7) is 0. The molecule has 0 spiro atoms. The third-order valence-corrected chi connectivity index (χ3v) is 8.10. The minimum atomic E-state index is 0. The van der Waals surface area contributed by atoms with Gasteiger partial charge in [-0.3, -0.25) is 4.90 Å². The van der Waals surface area contributed by atoms with Crippen LogP contribution in [0, 0.1) is 12.1 Å². The van der Waals surface area contributed by atoms with Gasteiger partial charge in [0.05, 0.1) is 39.8 Å². The van der Waals surface area contributed by atoms with Crippen molar-refractivity contribution >= 4 is 50.8 Å². The topological polar surface area (TPSA) is 42.1 Å². The molecule has 0 saturated carbocycles. The molecule has 3 heterocycles. The number of imidazole rings is 2. The van der Waals surface area contributed by atoms with Crippen LogP contribution in [0.25, 0.3) is 44.3 Å². The van der Waals surface area contributed by atoms with Crippen molar-refractivity contribution in [2.24, 2.45) is 14.1 Å². The first-order valence-corrected chi connectivity index (χ1v) is 13.6. The Kier molecular flexibility index (Phi) is 6.28. The fourth-order valence-corrected chi connectivity index (χ4v) is 6.02. The maximum Gasteiger partial charge on any atom is 0.213 e. The molecule has 209 valence electrons. The molecule has 2 aromatic heterocycles. The molecule has 0 fully saturated rings. The van der Waals surface area contributed by atoms with Crippen LogP contribution in [0.3, 0.4) is 0 Å². The molecule has 0 N–H and O–H groups in total. The first-order valence-electron chi connectivity index (χ1n) is 13.6. The fourth-order valence-electron chi connectivity index (χ4n) is 6.02. The van der Waals surface area contributed by atoms with Crippen LogP contribution in [0.1, 0.15) is 0 Å². The average molecular weight is 728 g/mol. The predicted octanol–water partition coefficient (Wildman–Crippen LogP) is 7.94. The van der Waals surface area contributed by atoms with Gasteiger partial charge in [-0.05, 0) is 35.6 Å². The molecule has 1 aliphatic heterocycles. The molecule has 42 heavy (non-hydrogen) atoms. The van der Waals surface area contributed by atoms with E-state index in [1.54, 1.807) is 0 Å². The first kappa shape index (κ1) is 26.3. The Labute approximate surface area is 260 Å². The average Bonchev–Trinajstić information content (AvgIpc) is 3.57. The standard InChI is InChI=1S/C35H26N6.Au/c1-38-22-36-33-26(14-9-17-30(33)38)24-19-20-28-32(21-24)41(29-16-8-7-15-27(29)39(28)2)35-37-34-25(23-11-5-4-6-12-23)13-10-18-31(34)40(35)3;/h4-11,13-20,22H,1-3H3;/q-2;. The van der Waals surface area contributed by atoms with Gasteiger partial charge in [0.25, 0.3) is 0 Å². The van der Waals surface area contributed by atoms with Gasteiger partial charge < -0.3 is 14.0 Å². The van der Waals surface area contributed by atoms with Gasteiger partial charge >= 0.3 is 0 Å². The van der Waals surface area contributed by atoms with Gasteiger partial charge in [-0.2, -0.15) is 0 Å². The summed E-state index contributed by atoms with van der Waals surface area (Å²) >= 11 is 0. The van der Waals surface area contributed by atoms with Crippen molar-refractivity contribution in [1.29, 1.82) is 0 Å². The van der Waals surface area contributed by atoms with Crippen molar-refractivity contribution in [3.63, 3.8) is 0 Å². The molecule has 6 nitrogen and oxygen atoms in total. The molecule has 8 rings (SSSR count). The molecule has 7 aromatic rings. The van der Waals surface area contributed by atoms with Gasteiger partial charge in [-0.15, -0.1) is 59.7 Å². The smallest absolute Gasteiger partial charge is 0.213 e. The van der Waals surface area contributed by atoms with Gasteiger partial charge in [0, 0.05) is 43.5 Å². The number of aryl methyl sites for hydroxylation is 2. The van der Waals surface area contributed by atoms with Crippen molar-refractivity contribution in [3.8, 4) is 22.3 Å². The molecular formula is C35H26AuN6-2. The summed E-state index contributed by atoms with van der Waals surface area (Å²) in [6.07, 6.45) is 1.87. The van der Waals surface area contributed by atoms with E-state index in [1.807, 2.05) is 31.6 Å². The van der Waals surface area contributed by atoms with Crippen molar-refractivity contribution < 1.29 is 22.4 Å². The molecule has 0 atom stereocenters. The van der Waals surface area contributed by atoms with Gasteiger partial charge in [0.15, 0.2) is 0 Å². The summed E-state index contributed by atoms with van der Waals surface area (Å²) in [5, 5.41) is 0. The zero-order valence-electron chi connectivity index (χ0n) is 23.3. The zero-order valence-corrected chi connectivity index (χ0v) is 25.5. The summed E-state index contributed by atoms with van der Waals surface area (Å²) < 4.78 is 4.22. The number of fused-ring (bicyclic) bond motifs is 4. The molecule has 5 aromatic carbocycles. The Hall–Kier alpha value is -4.62. The molecule has 0 bridgehead atoms. The van der Waals surface area contributed by atoms with E-state index in [2.05, 4.69) is 124 Å². The van der Waals surface area contributed by atoms with Crippen LogP contribution in [-0.4, -0.2) is 26.1 Å². The third kappa shape index (κ3) is 3.84. The Morgan fingerprint density at radius 3 is 2.17 bits per heavy atom. The molecule has 0 saturated heterocycles. The van der Waals surface area contributed by atoms with Crippen LogP contribution >= 0.6 is 0 Å². The summed E-state index contributed by atoms with van der Waals surface area (Å²) in [7, 11) is 6.22. The minimum Gasteiger partial charge on any atom is -0.381 e. The van der Waals surface area contributed by atoms with Crippen LogP contribution in [0.5, 0.6) is 0 Å². The quantitative estimate of drug-likeness (QED) is 0.137. The van der Waals surface area contributed by atoms with Crippen LogP contribution in [0.2, 0.25) is 0 Å². The van der Waals surface area contributed by atoms with E-state index >= 15 is 0 Å². The molecule has 0 aliphatic carbocycles. The van der Waals surface area contributed by atoms with Gasteiger partial charge in [0.2, 0.25) is 5.95 Å². The SMILES string of the molecule is CN1c2ccc(-c3cccc4c3ncn4C)[c-]c2N(c2nc3c(-c4[c-]cccc4)cccc3n2C)c2ccccc21.[Au]. The van der Waals surface area contributed by atoms with E-state index in [0.29, 0.717) is 0 Å². The Balaban J connectivity index is 0.00000288. The van der Waals surface area contributed by atoms with Crippen LogP contribution in [0.4, 0.5) is 28.7 Å². The number of rotatable bonds is 3. The summed E-state index contributed by atoms with van der Waals surface area (Å²) in [4.78, 5) is 14.5. The first-order chi connectivity index (χ1) is 20.1. The number of anilines is 5. The van der Waals surface area contributed by atoms with Gasteiger partial charge in [0.1, 0.15) is 0 Å². The number of benzene rings is 5. The summed E-state index contributed by atoms with van der Waals surface area (Å²) in [5.41, 5.74) is 12.4. The van der Waals surface area contributed by atoms with E-state index in [0.717, 1.165) is 73.0 Å². The van der Waals surface area contributed by atoms with Crippen molar-refractivity contribution in [1.82, 2.24) is 19.1 Å². The fraction of sp³-hybridized carbons (Fsp3) is 0.0857. The molecule has 1 radical (unpaired) electrons. The Bertz CT molecular complexity index is 2110. The van der Waals surface area contributed by atoms with Crippen molar-refractivity contribution in [2.45, 2.75) is 0 Å². The summed E-state index contributed by atoms with van der Waals surface area (Å²) in [6, 6.07) is 40.7. The van der Waals surface area contributed by atoms with E-state index in [4.69, 9.17) is 9.97 Å². The predicted molar refractivity (Wildman–Crippen MR) is 166 cm³/mol. The molecule has 1 aliphatic rings. The third-order valence-electron chi connectivity index (χ3n) is 8.10. The van der Waals surface area contributed by atoms with Crippen LogP contribution in [-0.2, 0) is 36.5 Å². The van der Waals surface area contributed by atoms with E-state index in [9.17, 15) is 0 Å². The van der Waals surface area contributed by atoms with E-state index in [-0.39, 0.29) is 22.4 Å². The number of hydrogen-bond acceptors (Lipinski definition) is 4. The Morgan fingerprint density at radius 2 is 1.38 bits per heavy atom. The summed E-state index contributed by atoms with van der Waals surface area (Å²) in [5.74, 6) is 0.828.